The molecule has 0 aliphatic carbocycles. The van der Waals surface area contributed by atoms with Crippen LogP contribution in [0.2, 0.25) is 0 Å². The van der Waals surface area contributed by atoms with E-state index in [0.29, 0.717) is 0 Å². The van der Waals surface area contributed by atoms with Gasteiger partial charge in [-0.25, -0.2) is 8.78 Å². The molecule has 0 spiro atoms. The number of hydrogen-bond acceptors (Lipinski definition) is 4. The summed E-state index contributed by atoms with van der Waals surface area (Å²) in [7, 11) is 1.21. The monoisotopic (exact) mass is 342 g/mol. The summed E-state index contributed by atoms with van der Waals surface area (Å²) < 4.78 is 30.0. The maximum Gasteiger partial charge on any atom is 0.311 e. The molecule has 1 aromatic heterocycles. The van der Waals surface area contributed by atoms with E-state index in [1.165, 1.54) is 13.3 Å². The Labute approximate surface area is 104 Å². The van der Waals surface area contributed by atoms with Gasteiger partial charge < -0.3 is 10.5 Å². The van der Waals surface area contributed by atoms with Gasteiger partial charge in [0.15, 0.2) is 0 Å². The predicted octanol–water partition coefficient (Wildman–Crippen LogP) is 1.92. The second-order valence-electron chi connectivity index (χ2n) is 2.93. The summed E-state index contributed by atoms with van der Waals surface area (Å²) in [4.78, 5) is 14.8. The number of aromatic nitrogens is 1. The maximum atomic E-state index is 12.7. The highest BCUT2D eigenvalue weighted by molar-refractivity contribution is 14.1. The highest BCUT2D eigenvalue weighted by Gasteiger charge is 2.20. The van der Waals surface area contributed by atoms with Crippen molar-refractivity contribution in [3.8, 4) is 0 Å². The molecule has 0 saturated carbocycles. The van der Waals surface area contributed by atoms with Crippen LogP contribution in [0.1, 0.15) is 17.7 Å². The molecule has 0 aliphatic rings. The lowest BCUT2D eigenvalue weighted by molar-refractivity contribution is -0.139. The third kappa shape index (κ3) is 2.77. The molecule has 0 fully saturated rings. The first-order valence-corrected chi connectivity index (χ1v) is 5.33. The summed E-state index contributed by atoms with van der Waals surface area (Å²) >= 11 is 1.72. The maximum absolute atomic E-state index is 12.7. The third-order valence-electron chi connectivity index (χ3n) is 1.95. The van der Waals surface area contributed by atoms with Gasteiger partial charge in [0.05, 0.1) is 30.5 Å². The summed E-state index contributed by atoms with van der Waals surface area (Å²) in [6.45, 7) is 0. The Kier molecular flexibility index (Phi) is 4.39. The summed E-state index contributed by atoms with van der Waals surface area (Å²) in [5, 5.41) is 0. The van der Waals surface area contributed by atoms with Crippen molar-refractivity contribution in [2.75, 3.05) is 12.8 Å². The van der Waals surface area contributed by atoms with Crippen LogP contribution in [-0.2, 0) is 16.0 Å². The second-order valence-corrected chi connectivity index (χ2v) is 4.10. The van der Waals surface area contributed by atoms with Gasteiger partial charge in [0, 0.05) is 9.77 Å². The van der Waals surface area contributed by atoms with Crippen LogP contribution in [0.15, 0.2) is 6.20 Å². The van der Waals surface area contributed by atoms with E-state index in [1.54, 1.807) is 22.6 Å². The van der Waals surface area contributed by atoms with Crippen LogP contribution in [0.25, 0.3) is 0 Å². The molecule has 0 aliphatic heterocycles. The quantitative estimate of drug-likeness (QED) is 0.673. The number of hydrogen-bond donors (Lipinski definition) is 1. The van der Waals surface area contributed by atoms with Crippen LogP contribution in [0.3, 0.4) is 0 Å². The fourth-order valence-corrected chi connectivity index (χ4v) is 1.79. The lowest BCUT2D eigenvalue weighted by Crippen LogP contribution is -2.11. The van der Waals surface area contributed by atoms with Gasteiger partial charge in [-0.3, -0.25) is 9.78 Å². The Bertz CT molecular complexity index is 413. The van der Waals surface area contributed by atoms with Crippen LogP contribution in [-0.4, -0.2) is 18.1 Å². The highest BCUT2D eigenvalue weighted by atomic mass is 127. The predicted molar refractivity (Wildman–Crippen MR) is 62.0 cm³/mol. The molecule has 2 N–H and O–H groups in total. The van der Waals surface area contributed by atoms with Crippen LogP contribution in [0, 0.1) is 3.57 Å². The Morgan fingerprint density at radius 1 is 1.69 bits per heavy atom. The number of alkyl halides is 2. The van der Waals surface area contributed by atoms with Gasteiger partial charge in [-0.15, -0.1) is 0 Å². The van der Waals surface area contributed by atoms with E-state index in [-0.39, 0.29) is 26.9 Å². The Morgan fingerprint density at radius 2 is 2.31 bits per heavy atom. The lowest BCUT2D eigenvalue weighted by atomic mass is 10.1. The molecule has 0 amide bonds. The summed E-state index contributed by atoms with van der Waals surface area (Å²) in [5.41, 5.74) is 5.22. The number of anilines is 1. The number of carbonyl (C=O) groups excluding carboxylic acids is 1. The van der Waals surface area contributed by atoms with Crippen molar-refractivity contribution in [2.45, 2.75) is 12.8 Å². The molecule has 88 valence electrons. The number of methoxy groups -OCH3 is 1. The third-order valence-corrected chi connectivity index (χ3v) is 2.81. The molecule has 0 atom stereocenters. The lowest BCUT2D eigenvalue weighted by Gasteiger charge is -2.10. The van der Waals surface area contributed by atoms with E-state index in [9.17, 15) is 13.6 Å². The van der Waals surface area contributed by atoms with E-state index in [4.69, 9.17) is 5.73 Å². The van der Waals surface area contributed by atoms with Crippen LogP contribution >= 0.6 is 22.6 Å². The van der Waals surface area contributed by atoms with Crippen molar-refractivity contribution >= 4 is 34.2 Å². The first kappa shape index (κ1) is 13.1. The van der Waals surface area contributed by atoms with Gasteiger partial charge >= 0.3 is 5.97 Å². The van der Waals surface area contributed by atoms with Gasteiger partial charge in [0.1, 0.15) is 0 Å². The smallest absolute Gasteiger partial charge is 0.311 e. The van der Waals surface area contributed by atoms with Gasteiger partial charge in [0.2, 0.25) is 0 Å². The van der Waals surface area contributed by atoms with Gasteiger partial charge in [0.25, 0.3) is 6.43 Å². The zero-order valence-corrected chi connectivity index (χ0v) is 10.5. The molecule has 0 aromatic carbocycles. The molecule has 0 radical (unpaired) electrons. The number of nitrogens with two attached hydrogens (primary N) is 1. The first-order valence-electron chi connectivity index (χ1n) is 4.25. The molecule has 1 rings (SSSR count). The van der Waals surface area contributed by atoms with E-state index >= 15 is 0 Å². The summed E-state index contributed by atoms with van der Waals surface area (Å²) in [6, 6.07) is 0. The summed E-state index contributed by atoms with van der Waals surface area (Å²) in [6.07, 6.45) is -1.64. The van der Waals surface area contributed by atoms with Gasteiger partial charge in [-0.05, 0) is 22.6 Å². The van der Waals surface area contributed by atoms with Gasteiger partial charge in [-0.1, -0.05) is 0 Å². The topological polar surface area (TPSA) is 65.2 Å². The number of nitrogens with zero attached hydrogens (tertiary/aromatic N) is 1. The standard InChI is InChI=1S/C9H9F2IN2O2/c1-16-6(15)2-5-8(13)7(9(10)11)4(12)3-14-5/h3,9H,2,13H2,1H3. The molecule has 1 heterocycles. The average Bonchev–Trinajstić information content (AvgIpc) is 2.21. The Morgan fingerprint density at radius 3 is 2.81 bits per heavy atom. The average molecular weight is 342 g/mol. The van der Waals surface area contributed by atoms with Crippen molar-refractivity contribution < 1.29 is 18.3 Å². The van der Waals surface area contributed by atoms with Crippen molar-refractivity contribution in [2.24, 2.45) is 0 Å². The van der Waals surface area contributed by atoms with Crippen molar-refractivity contribution in [3.63, 3.8) is 0 Å². The fourth-order valence-electron chi connectivity index (χ4n) is 1.13. The molecule has 0 unspecified atom stereocenters. The number of nitrogen functional groups attached to an aromatic ring is 1. The SMILES string of the molecule is COC(=O)Cc1ncc(I)c(C(F)F)c1N. The highest BCUT2D eigenvalue weighted by Crippen LogP contribution is 2.31. The van der Waals surface area contributed by atoms with Crippen molar-refractivity contribution in [1.29, 1.82) is 0 Å². The van der Waals surface area contributed by atoms with Crippen LogP contribution < -0.4 is 5.73 Å². The molecule has 1 aromatic rings. The minimum absolute atomic E-state index is 0.113. The van der Waals surface area contributed by atoms with E-state index in [2.05, 4.69) is 9.72 Å². The number of carbonyl (C=O) groups is 1. The molecule has 7 heteroatoms. The minimum atomic E-state index is -2.69. The number of ether oxygens (including phenoxy) is 1. The van der Waals surface area contributed by atoms with E-state index in [1.807, 2.05) is 0 Å². The van der Waals surface area contributed by atoms with E-state index in [0.717, 1.165) is 0 Å². The van der Waals surface area contributed by atoms with Crippen LogP contribution in [0.5, 0.6) is 0 Å². The first-order chi connectivity index (χ1) is 7.47. The molecule has 0 bridgehead atoms. The second kappa shape index (κ2) is 5.37. The fraction of sp³-hybridized carbons (Fsp3) is 0.333. The minimum Gasteiger partial charge on any atom is -0.469 e. The molecular formula is C9H9F2IN2O2. The molecule has 4 nitrogen and oxygen atoms in total. The number of rotatable bonds is 3. The van der Waals surface area contributed by atoms with Crippen molar-refractivity contribution in [3.05, 3.63) is 21.0 Å². The van der Waals surface area contributed by atoms with Gasteiger partial charge in [-0.2, -0.15) is 0 Å². The zero-order valence-electron chi connectivity index (χ0n) is 8.34. The Hall–Kier alpha value is -0.990. The largest absolute Gasteiger partial charge is 0.469 e. The zero-order chi connectivity index (χ0) is 12.3. The number of pyridine rings is 1. The normalized spacial score (nSPS) is 10.6. The summed E-state index contributed by atoms with van der Waals surface area (Å²) in [5.74, 6) is -0.569. The number of halogens is 3. The Balaban J connectivity index is 3.13. The van der Waals surface area contributed by atoms with Crippen LogP contribution in [0.4, 0.5) is 14.5 Å². The number of esters is 1. The van der Waals surface area contributed by atoms with Crippen molar-refractivity contribution in [1.82, 2.24) is 4.98 Å². The molecule has 0 saturated heterocycles. The molecular weight excluding hydrogens is 333 g/mol. The van der Waals surface area contributed by atoms with E-state index < -0.39 is 12.4 Å². The molecule has 16 heavy (non-hydrogen) atoms.